The molecule has 6 nitrogen and oxygen atoms in total. The van der Waals surface area contributed by atoms with Gasteiger partial charge in [-0.3, -0.25) is 4.99 Å². The molecule has 0 aliphatic heterocycles. The number of guanidine groups is 1. The zero-order valence-electron chi connectivity index (χ0n) is 15.9. The van der Waals surface area contributed by atoms with Crippen molar-refractivity contribution in [2.45, 2.75) is 30.2 Å². The molecule has 0 saturated heterocycles. The molecular weight excluding hydrogens is 487 g/mol. The highest BCUT2D eigenvalue weighted by molar-refractivity contribution is 14.0. The van der Waals surface area contributed by atoms with Gasteiger partial charge in [0.2, 0.25) is 10.0 Å². The van der Waals surface area contributed by atoms with Gasteiger partial charge in [-0.1, -0.05) is 42.5 Å². The second kappa shape index (κ2) is 10.8. The third-order valence-electron chi connectivity index (χ3n) is 4.67. The summed E-state index contributed by atoms with van der Waals surface area (Å²) < 4.78 is 27.0. The van der Waals surface area contributed by atoms with Gasteiger partial charge in [0.25, 0.3) is 0 Å². The number of nitrogens with one attached hydrogen (secondary N) is 3. The van der Waals surface area contributed by atoms with Gasteiger partial charge in [0.15, 0.2) is 5.96 Å². The van der Waals surface area contributed by atoms with E-state index in [4.69, 9.17) is 0 Å². The van der Waals surface area contributed by atoms with Crippen LogP contribution in [0.25, 0.3) is 0 Å². The van der Waals surface area contributed by atoms with Crippen molar-refractivity contribution < 1.29 is 8.42 Å². The van der Waals surface area contributed by atoms with E-state index in [-0.39, 0.29) is 35.4 Å². The van der Waals surface area contributed by atoms with Gasteiger partial charge in [-0.2, -0.15) is 0 Å². The lowest BCUT2D eigenvalue weighted by Crippen LogP contribution is -2.47. The highest BCUT2D eigenvalue weighted by atomic mass is 127. The van der Waals surface area contributed by atoms with Crippen molar-refractivity contribution in [3.8, 4) is 0 Å². The Morgan fingerprint density at radius 1 is 1.04 bits per heavy atom. The second-order valence-corrected chi connectivity index (χ2v) is 8.33. The first-order valence-electron chi connectivity index (χ1n) is 9.17. The van der Waals surface area contributed by atoms with Gasteiger partial charge in [-0.25, -0.2) is 13.1 Å². The summed E-state index contributed by atoms with van der Waals surface area (Å²) in [7, 11) is -1.75. The van der Waals surface area contributed by atoms with E-state index >= 15 is 0 Å². The number of nitrogens with zero attached hydrogens (tertiary/aromatic N) is 1. The third-order valence-corrected chi connectivity index (χ3v) is 6.15. The van der Waals surface area contributed by atoms with Crippen LogP contribution in [0.5, 0.6) is 0 Å². The van der Waals surface area contributed by atoms with Gasteiger partial charge in [0, 0.05) is 26.2 Å². The predicted molar refractivity (Wildman–Crippen MR) is 124 cm³/mol. The fraction of sp³-hybridized carbons (Fsp3) is 0.350. The number of halogens is 1. The number of aryl methyl sites for hydroxylation is 1. The molecule has 0 fully saturated rings. The quantitative estimate of drug-likeness (QED) is 0.239. The molecule has 0 bridgehead atoms. The number of benzene rings is 2. The smallest absolute Gasteiger partial charge is 0.240 e. The van der Waals surface area contributed by atoms with Gasteiger partial charge < -0.3 is 10.6 Å². The molecule has 8 heteroatoms. The average molecular weight is 514 g/mol. The van der Waals surface area contributed by atoms with Gasteiger partial charge in [0.05, 0.1) is 4.90 Å². The Morgan fingerprint density at radius 2 is 1.71 bits per heavy atom. The normalized spacial score (nSPS) is 16.6. The van der Waals surface area contributed by atoms with Crippen molar-refractivity contribution in [2.75, 3.05) is 20.1 Å². The minimum Gasteiger partial charge on any atom is -0.355 e. The minimum atomic E-state index is -3.48. The van der Waals surface area contributed by atoms with Crippen molar-refractivity contribution >= 4 is 40.0 Å². The third kappa shape index (κ3) is 6.18. The number of hydrogen-bond acceptors (Lipinski definition) is 3. The van der Waals surface area contributed by atoms with E-state index in [1.165, 1.54) is 11.1 Å². The molecule has 28 heavy (non-hydrogen) atoms. The van der Waals surface area contributed by atoms with Gasteiger partial charge in [0.1, 0.15) is 0 Å². The molecule has 2 aromatic rings. The summed E-state index contributed by atoms with van der Waals surface area (Å²) in [6.45, 7) is 0.737. The number of sulfonamides is 1. The first kappa shape index (κ1) is 22.6. The first-order chi connectivity index (χ1) is 13.1. The Balaban J connectivity index is 0.00000280. The van der Waals surface area contributed by atoms with Crippen LogP contribution in [0.3, 0.4) is 0 Å². The predicted octanol–water partition coefficient (Wildman–Crippen LogP) is 2.31. The molecule has 3 N–H and O–H groups in total. The van der Waals surface area contributed by atoms with Crippen LogP contribution in [0.15, 0.2) is 64.5 Å². The summed E-state index contributed by atoms with van der Waals surface area (Å²) >= 11 is 0. The maximum atomic E-state index is 12.2. The fourth-order valence-corrected chi connectivity index (χ4v) is 4.31. The van der Waals surface area contributed by atoms with Gasteiger partial charge in [-0.05, 0) is 42.5 Å². The summed E-state index contributed by atoms with van der Waals surface area (Å²) in [5.41, 5.74) is 2.81. The minimum absolute atomic E-state index is 0. The molecule has 0 amide bonds. The number of rotatable bonds is 6. The number of aliphatic imine (C=N–C) groups is 1. The number of hydrogen-bond donors (Lipinski definition) is 3. The molecule has 0 heterocycles. The van der Waals surface area contributed by atoms with Gasteiger partial charge >= 0.3 is 0 Å². The molecule has 3 rings (SSSR count). The lowest BCUT2D eigenvalue weighted by molar-refractivity contribution is 0.520. The summed E-state index contributed by atoms with van der Waals surface area (Å²) in [4.78, 5) is 4.52. The lowest BCUT2D eigenvalue weighted by Gasteiger charge is -2.27. The van der Waals surface area contributed by atoms with Crippen LogP contribution in [0.2, 0.25) is 0 Å². The Morgan fingerprint density at radius 3 is 2.43 bits per heavy atom. The Kier molecular flexibility index (Phi) is 8.71. The SMILES string of the molecule is CN=C(NCCNS(=O)(=O)c1ccccc1)NC1CCc2ccccc2C1.I. The molecule has 1 aliphatic carbocycles. The van der Waals surface area contributed by atoms with Crippen molar-refractivity contribution in [3.63, 3.8) is 0 Å². The largest absolute Gasteiger partial charge is 0.355 e. The molecule has 0 aromatic heterocycles. The van der Waals surface area contributed by atoms with Gasteiger partial charge in [-0.15, -0.1) is 24.0 Å². The highest BCUT2D eigenvalue weighted by Crippen LogP contribution is 2.20. The lowest BCUT2D eigenvalue weighted by atomic mass is 9.88. The maximum absolute atomic E-state index is 12.2. The first-order valence-corrected chi connectivity index (χ1v) is 10.7. The average Bonchev–Trinajstić information content (AvgIpc) is 2.71. The molecule has 1 atom stereocenters. The van der Waals surface area contributed by atoms with E-state index in [9.17, 15) is 8.42 Å². The summed E-state index contributed by atoms with van der Waals surface area (Å²) in [6.07, 6.45) is 3.08. The topological polar surface area (TPSA) is 82.6 Å². The van der Waals surface area contributed by atoms with Crippen LogP contribution in [-0.2, 0) is 22.9 Å². The molecular formula is C20H27IN4O2S. The standard InChI is InChI=1S/C20H26N4O2S.HI/c1-21-20(24-18-12-11-16-7-5-6-8-17(16)15-18)22-13-14-23-27(25,26)19-9-3-2-4-10-19;/h2-10,18,23H,11-15H2,1H3,(H2,21,22,24);1H. The molecule has 0 spiro atoms. The zero-order valence-corrected chi connectivity index (χ0v) is 19.0. The summed E-state index contributed by atoms with van der Waals surface area (Å²) in [5, 5.41) is 6.61. The van der Waals surface area contributed by atoms with Crippen LogP contribution < -0.4 is 15.4 Å². The van der Waals surface area contributed by atoms with Crippen molar-refractivity contribution in [1.29, 1.82) is 0 Å². The molecule has 152 valence electrons. The van der Waals surface area contributed by atoms with Crippen molar-refractivity contribution in [2.24, 2.45) is 4.99 Å². The van der Waals surface area contributed by atoms with Crippen LogP contribution >= 0.6 is 24.0 Å². The van der Waals surface area contributed by atoms with Crippen LogP contribution in [0.4, 0.5) is 0 Å². The van der Waals surface area contributed by atoms with Crippen molar-refractivity contribution in [3.05, 3.63) is 65.7 Å². The molecule has 0 radical (unpaired) electrons. The molecule has 0 saturated carbocycles. The maximum Gasteiger partial charge on any atom is 0.240 e. The highest BCUT2D eigenvalue weighted by Gasteiger charge is 2.19. The van der Waals surface area contributed by atoms with Crippen molar-refractivity contribution in [1.82, 2.24) is 15.4 Å². The van der Waals surface area contributed by atoms with E-state index in [2.05, 4.69) is 44.6 Å². The Bertz CT molecular complexity index is 888. The molecule has 1 unspecified atom stereocenters. The van der Waals surface area contributed by atoms with E-state index in [0.717, 1.165) is 19.3 Å². The van der Waals surface area contributed by atoms with Crippen LogP contribution in [-0.4, -0.2) is 40.6 Å². The Hall–Kier alpha value is -1.65. The second-order valence-electron chi connectivity index (χ2n) is 6.56. The van der Waals surface area contributed by atoms with E-state index < -0.39 is 10.0 Å². The van der Waals surface area contributed by atoms with E-state index in [1.54, 1.807) is 37.4 Å². The van der Waals surface area contributed by atoms with Crippen LogP contribution in [0, 0.1) is 0 Å². The number of fused-ring (bicyclic) bond motifs is 1. The summed E-state index contributed by atoms with van der Waals surface area (Å²) in [5.74, 6) is 0.693. The molecule has 1 aliphatic rings. The van der Waals surface area contributed by atoms with E-state index in [1.807, 2.05) is 0 Å². The fourth-order valence-electron chi connectivity index (χ4n) is 3.26. The van der Waals surface area contributed by atoms with Crippen LogP contribution in [0.1, 0.15) is 17.5 Å². The zero-order chi connectivity index (χ0) is 19.1. The Labute approximate surface area is 184 Å². The summed E-state index contributed by atoms with van der Waals surface area (Å²) in [6, 6.07) is 17.2. The van der Waals surface area contributed by atoms with E-state index in [0.29, 0.717) is 18.5 Å². The molecule has 2 aromatic carbocycles. The monoisotopic (exact) mass is 514 g/mol.